The van der Waals surface area contributed by atoms with Gasteiger partial charge in [-0.25, -0.2) is 0 Å². The Balaban J connectivity index is 2.26. The maximum absolute atomic E-state index is 9.60. The van der Waals surface area contributed by atoms with Gasteiger partial charge in [0.1, 0.15) is 12.4 Å². The first kappa shape index (κ1) is 11.9. The molecule has 0 amide bonds. The summed E-state index contributed by atoms with van der Waals surface area (Å²) in [7, 11) is 0. The van der Waals surface area contributed by atoms with Gasteiger partial charge in [-0.15, -0.1) is 0 Å². The van der Waals surface area contributed by atoms with Crippen LogP contribution in [-0.4, -0.2) is 22.3 Å². The van der Waals surface area contributed by atoms with Gasteiger partial charge >= 0.3 is 0 Å². The van der Waals surface area contributed by atoms with Crippen LogP contribution in [0.1, 0.15) is 19.4 Å². The van der Waals surface area contributed by atoms with Gasteiger partial charge in [0.05, 0.1) is 11.1 Å². The van der Waals surface area contributed by atoms with Gasteiger partial charge < -0.3 is 9.84 Å². The van der Waals surface area contributed by atoms with Gasteiger partial charge in [-0.3, -0.25) is 4.98 Å². The zero-order valence-corrected chi connectivity index (χ0v) is 10.4. The average molecular weight is 231 g/mol. The molecule has 0 saturated heterocycles. The molecule has 1 aromatic carbocycles. The normalized spacial score (nSPS) is 11.8. The Kier molecular flexibility index (Phi) is 3.03. The summed E-state index contributed by atoms with van der Waals surface area (Å²) in [6.07, 6.45) is 1.79. The van der Waals surface area contributed by atoms with Crippen molar-refractivity contribution < 1.29 is 9.84 Å². The predicted octanol–water partition coefficient (Wildman–Crippen LogP) is 2.69. The Morgan fingerprint density at radius 1 is 1.29 bits per heavy atom. The lowest BCUT2D eigenvalue weighted by Gasteiger charge is -2.17. The largest absolute Gasteiger partial charge is 0.491 e. The van der Waals surface area contributed by atoms with Gasteiger partial charge in [0.15, 0.2) is 0 Å². The third-order valence-corrected chi connectivity index (χ3v) is 2.52. The first-order valence-electron chi connectivity index (χ1n) is 5.66. The number of ether oxygens (including phenoxy) is 1. The first-order chi connectivity index (χ1) is 7.96. The molecule has 3 nitrogen and oxygen atoms in total. The third kappa shape index (κ3) is 2.94. The van der Waals surface area contributed by atoms with Gasteiger partial charge in [-0.1, -0.05) is 0 Å². The van der Waals surface area contributed by atoms with Crippen LogP contribution in [0.25, 0.3) is 10.9 Å². The summed E-state index contributed by atoms with van der Waals surface area (Å²) < 4.78 is 5.53. The molecule has 2 aromatic rings. The molecule has 0 radical (unpaired) electrons. The molecule has 0 aliphatic rings. The highest BCUT2D eigenvalue weighted by atomic mass is 16.5. The van der Waals surface area contributed by atoms with E-state index in [0.717, 1.165) is 16.7 Å². The molecule has 1 aromatic heterocycles. The quantitative estimate of drug-likeness (QED) is 0.883. The zero-order chi connectivity index (χ0) is 12.5. The number of fused-ring (bicyclic) bond motifs is 1. The average Bonchev–Trinajstić information content (AvgIpc) is 2.26. The summed E-state index contributed by atoms with van der Waals surface area (Å²) in [4.78, 5) is 4.30. The highest BCUT2D eigenvalue weighted by molar-refractivity contribution is 5.82. The number of benzene rings is 1. The molecule has 0 fully saturated rings. The van der Waals surface area contributed by atoms with Crippen molar-refractivity contribution in [3.05, 3.63) is 36.0 Å². The number of rotatable bonds is 3. The number of aryl methyl sites for hydroxylation is 1. The molecule has 0 saturated carbocycles. The Hall–Kier alpha value is -1.61. The fourth-order valence-electron chi connectivity index (χ4n) is 1.62. The fourth-order valence-corrected chi connectivity index (χ4v) is 1.62. The van der Waals surface area contributed by atoms with Crippen LogP contribution in [0.3, 0.4) is 0 Å². The number of aromatic nitrogens is 1. The van der Waals surface area contributed by atoms with Crippen molar-refractivity contribution in [1.82, 2.24) is 4.98 Å². The van der Waals surface area contributed by atoms with E-state index in [0.29, 0.717) is 0 Å². The van der Waals surface area contributed by atoms with Crippen molar-refractivity contribution in [2.75, 3.05) is 6.61 Å². The van der Waals surface area contributed by atoms with Gasteiger partial charge in [-0.2, -0.15) is 0 Å². The van der Waals surface area contributed by atoms with Gasteiger partial charge in [0, 0.05) is 17.6 Å². The standard InChI is InChI=1S/C14H17NO2/c1-10-6-7-15-13-8-11(4-5-12(10)13)17-9-14(2,3)16/h4-8,16H,9H2,1-3H3. The molecule has 0 atom stereocenters. The van der Waals surface area contributed by atoms with E-state index in [-0.39, 0.29) is 6.61 Å². The number of aliphatic hydroxyl groups is 1. The summed E-state index contributed by atoms with van der Waals surface area (Å²) in [6, 6.07) is 7.79. The number of hydrogen-bond donors (Lipinski definition) is 1. The van der Waals surface area contributed by atoms with E-state index in [1.165, 1.54) is 5.56 Å². The van der Waals surface area contributed by atoms with Crippen molar-refractivity contribution in [2.45, 2.75) is 26.4 Å². The molecule has 0 aliphatic carbocycles. The van der Waals surface area contributed by atoms with Crippen molar-refractivity contribution in [2.24, 2.45) is 0 Å². The topological polar surface area (TPSA) is 42.4 Å². The van der Waals surface area contributed by atoms with E-state index < -0.39 is 5.60 Å². The molecule has 2 rings (SSSR count). The Labute approximate surface area is 101 Å². The maximum Gasteiger partial charge on any atom is 0.121 e. The lowest BCUT2D eigenvalue weighted by molar-refractivity contribution is 0.0285. The fraction of sp³-hybridized carbons (Fsp3) is 0.357. The van der Waals surface area contributed by atoms with E-state index in [2.05, 4.69) is 11.9 Å². The minimum atomic E-state index is -0.824. The zero-order valence-electron chi connectivity index (χ0n) is 10.4. The molecule has 0 spiro atoms. The Morgan fingerprint density at radius 2 is 2.06 bits per heavy atom. The van der Waals surface area contributed by atoms with Crippen molar-refractivity contribution in [3.63, 3.8) is 0 Å². The van der Waals surface area contributed by atoms with Crippen molar-refractivity contribution in [1.29, 1.82) is 0 Å². The lowest BCUT2D eigenvalue weighted by atomic mass is 10.1. The molecule has 90 valence electrons. The molecule has 3 heteroatoms. The predicted molar refractivity (Wildman–Crippen MR) is 68.3 cm³/mol. The van der Waals surface area contributed by atoms with E-state index in [9.17, 15) is 5.11 Å². The number of hydrogen-bond acceptors (Lipinski definition) is 3. The van der Waals surface area contributed by atoms with E-state index in [1.807, 2.05) is 24.3 Å². The maximum atomic E-state index is 9.60. The van der Waals surface area contributed by atoms with Crippen LogP contribution in [0, 0.1) is 6.92 Å². The summed E-state index contributed by atoms with van der Waals surface area (Å²) in [6.45, 7) is 5.76. The molecular formula is C14H17NO2. The minimum absolute atomic E-state index is 0.268. The third-order valence-electron chi connectivity index (χ3n) is 2.52. The number of nitrogens with zero attached hydrogens (tertiary/aromatic N) is 1. The van der Waals surface area contributed by atoms with Crippen LogP contribution in [0.4, 0.5) is 0 Å². The van der Waals surface area contributed by atoms with Gasteiger partial charge in [-0.05, 0) is 44.5 Å². The molecule has 0 bridgehead atoms. The molecule has 0 aliphatic heterocycles. The van der Waals surface area contributed by atoms with E-state index >= 15 is 0 Å². The summed E-state index contributed by atoms with van der Waals surface area (Å²) in [5.41, 5.74) is 1.29. The van der Waals surface area contributed by atoms with Crippen molar-refractivity contribution >= 4 is 10.9 Å². The highest BCUT2D eigenvalue weighted by Gasteiger charge is 2.13. The molecule has 17 heavy (non-hydrogen) atoms. The van der Waals surface area contributed by atoms with Crippen LogP contribution in [0.5, 0.6) is 5.75 Å². The second-order valence-electron chi connectivity index (χ2n) is 4.91. The SMILES string of the molecule is Cc1ccnc2cc(OCC(C)(C)O)ccc12. The number of pyridine rings is 1. The minimum Gasteiger partial charge on any atom is -0.491 e. The van der Waals surface area contributed by atoms with Crippen LogP contribution < -0.4 is 4.74 Å². The molecular weight excluding hydrogens is 214 g/mol. The van der Waals surface area contributed by atoms with Crippen LogP contribution in [-0.2, 0) is 0 Å². The summed E-state index contributed by atoms with van der Waals surface area (Å²) in [5, 5.41) is 10.7. The molecule has 1 N–H and O–H groups in total. The monoisotopic (exact) mass is 231 g/mol. The van der Waals surface area contributed by atoms with Gasteiger partial charge in [0.25, 0.3) is 0 Å². The lowest BCUT2D eigenvalue weighted by Crippen LogP contribution is -2.27. The molecule has 1 heterocycles. The summed E-state index contributed by atoms with van der Waals surface area (Å²) >= 11 is 0. The first-order valence-corrected chi connectivity index (χ1v) is 5.66. The van der Waals surface area contributed by atoms with E-state index in [1.54, 1.807) is 20.0 Å². The summed E-state index contributed by atoms with van der Waals surface area (Å²) in [5.74, 6) is 0.734. The second kappa shape index (κ2) is 4.34. The van der Waals surface area contributed by atoms with E-state index in [4.69, 9.17) is 4.74 Å². The van der Waals surface area contributed by atoms with Crippen LogP contribution in [0.15, 0.2) is 30.5 Å². The second-order valence-corrected chi connectivity index (χ2v) is 4.91. The Bertz CT molecular complexity index is 529. The Morgan fingerprint density at radius 3 is 2.76 bits per heavy atom. The smallest absolute Gasteiger partial charge is 0.121 e. The van der Waals surface area contributed by atoms with Gasteiger partial charge in [0.2, 0.25) is 0 Å². The van der Waals surface area contributed by atoms with Crippen LogP contribution >= 0.6 is 0 Å². The van der Waals surface area contributed by atoms with Crippen molar-refractivity contribution in [3.8, 4) is 5.75 Å². The molecule has 0 unspecified atom stereocenters. The van der Waals surface area contributed by atoms with Crippen LogP contribution in [0.2, 0.25) is 0 Å². The highest BCUT2D eigenvalue weighted by Crippen LogP contribution is 2.22.